The van der Waals surface area contributed by atoms with Crippen LogP contribution in [-0.4, -0.2) is 237 Å². The van der Waals surface area contributed by atoms with Crippen molar-refractivity contribution in [2.75, 3.05) is 33.0 Å². The molecule has 48 heavy (non-hydrogen) atoms. The molecular weight excluding hydrogens is 668 g/mol. The maximum atomic E-state index is 10.8. The molecule has 4 aliphatic heterocycles. The third-order valence-electron chi connectivity index (χ3n) is 8.87. The number of hydrogen-bond acceptors (Lipinski definition) is 23. The van der Waals surface area contributed by atoms with Crippen LogP contribution < -0.4 is 0 Å². The van der Waals surface area contributed by atoms with Gasteiger partial charge in [-0.1, -0.05) is 0 Å². The zero-order chi connectivity index (χ0) is 35.9. The lowest BCUT2D eigenvalue weighted by molar-refractivity contribution is -0.437. The summed E-state index contributed by atoms with van der Waals surface area (Å²) in [5, 5.41) is 164. The van der Waals surface area contributed by atoms with Crippen molar-refractivity contribution in [2.45, 2.75) is 122 Å². The molecule has 23 nitrogen and oxygen atoms in total. The minimum atomic E-state index is -2.84. The van der Waals surface area contributed by atoms with Gasteiger partial charge in [0.05, 0.1) is 26.4 Å². The van der Waals surface area contributed by atoms with Crippen LogP contribution in [0.25, 0.3) is 0 Å². The molecule has 4 aliphatic rings. The van der Waals surface area contributed by atoms with E-state index in [4.69, 9.17) is 33.2 Å². The lowest BCUT2D eigenvalue weighted by Crippen LogP contribution is -2.72. The molecule has 0 aromatic rings. The average molecular weight is 713 g/mol. The topological polar surface area (TPSA) is 388 Å². The van der Waals surface area contributed by atoms with Gasteiger partial charge < -0.3 is 115 Å². The fraction of sp³-hybridized carbons (Fsp3) is 1.00. The fourth-order valence-corrected chi connectivity index (χ4v) is 5.81. The van der Waals surface area contributed by atoms with Gasteiger partial charge in [0.2, 0.25) is 5.79 Å². The molecule has 16 N–H and O–H groups in total. The Labute approximate surface area is 270 Å². The van der Waals surface area contributed by atoms with E-state index in [1.54, 1.807) is 0 Å². The lowest BCUT2D eigenvalue weighted by atomic mass is 9.87. The van der Waals surface area contributed by atoms with E-state index in [1.807, 2.05) is 0 Å². The lowest BCUT2D eigenvalue weighted by Gasteiger charge is -2.52. The van der Waals surface area contributed by atoms with Crippen LogP contribution in [0.1, 0.15) is 0 Å². The van der Waals surface area contributed by atoms with Gasteiger partial charge in [0.15, 0.2) is 25.2 Å². The van der Waals surface area contributed by atoms with Crippen LogP contribution in [0.2, 0.25) is 0 Å². The number of aliphatic hydroxyl groups is 16. The van der Waals surface area contributed by atoms with Crippen molar-refractivity contribution >= 4 is 0 Å². The highest BCUT2D eigenvalue weighted by Crippen LogP contribution is 2.38. The van der Waals surface area contributed by atoms with Crippen LogP contribution in [0, 0.1) is 0 Å². The largest absolute Gasteiger partial charge is 0.394 e. The minimum Gasteiger partial charge on any atom is -0.394 e. The standard InChI is InChI=1S/C25H44O23/c26-1-6-16(8(30)12(34)20(40)43-6)45-22-14(36)10(32)18(38)24(3-28,47-22)5-42-25(4-29)19(39)11(33)15(37)23(48-25)46-17-7(2-27)44-21(41)13(35)9(17)31/h6-23,26-41H,1-5H2/t6-,7-,8-,9-,10-,11+,12-,13-,14-,15-,16-,17-,18-,19-,20-,21-,22+,23+,24-,25-/m1/s1. The predicted molar refractivity (Wildman–Crippen MR) is 141 cm³/mol. The summed E-state index contributed by atoms with van der Waals surface area (Å²) < 4.78 is 37.4. The summed E-state index contributed by atoms with van der Waals surface area (Å²) in [5.74, 6) is -2.84. The highest BCUT2D eigenvalue weighted by Gasteiger charge is 2.61. The smallest absolute Gasteiger partial charge is 0.223 e. The Balaban J connectivity index is 1.57. The molecule has 23 heteroatoms. The highest BCUT2D eigenvalue weighted by atomic mass is 16.8. The van der Waals surface area contributed by atoms with Gasteiger partial charge in [0.25, 0.3) is 0 Å². The van der Waals surface area contributed by atoms with Crippen molar-refractivity contribution in [3.05, 3.63) is 0 Å². The first kappa shape index (κ1) is 39.9. The third-order valence-corrected chi connectivity index (χ3v) is 8.87. The van der Waals surface area contributed by atoms with Crippen molar-refractivity contribution in [3.8, 4) is 0 Å². The van der Waals surface area contributed by atoms with E-state index in [2.05, 4.69) is 0 Å². The SMILES string of the molecule is OC[C@H]1O[C@@H](O)[C@H](O)[C@@H](O)[C@@H]1O[C@H]1O[C@](CO)(CO[C@]2(CO)O[C@H](O[C@H]3[C@H](O)[C@@H](O)[C@H](O)O[C@@H]3CO)[C@H](O)[C@H](O)[C@H]2O)[C@H](O)[C@H](O)[C@H]1O. The first-order valence-electron chi connectivity index (χ1n) is 14.7. The predicted octanol–water partition coefficient (Wildman–Crippen LogP) is -11.1. The van der Waals surface area contributed by atoms with Gasteiger partial charge in [0.1, 0.15) is 97.7 Å². The van der Waals surface area contributed by atoms with Crippen molar-refractivity contribution in [1.82, 2.24) is 0 Å². The van der Waals surface area contributed by atoms with Gasteiger partial charge >= 0.3 is 0 Å². The Bertz CT molecular complexity index is 946. The molecule has 4 fully saturated rings. The molecule has 4 saturated heterocycles. The molecule has 20 atom stereocenters. The Hall–Kier alpha value is -0.920. The van der Waals surface area contributed by atoms with Crippen molar-refractivity contribution in [1.29, 1.82) is 0 Å². The van der Waals surface area contributed by atoms with E-state index >= 15 is 0 Å². The average Bonchev–Trinajstić information content (AvgIpc) is 3.08. The highest BCUT2D eigenvalue weighted by molar-refractivity contribution is 5.03. The molecule has 4 heterocycles. The van der Waals surface area contributed by atoms with Crippen LogP contribution in [-0.2, 0) is 33.2 Å². The molecule has 4 rings (SSSR count). The summed E-state index contributed by atoms with van der Waals surface area (Å²) in [6, 6.07) is 0. The summed E-state index contributed by atoms with van der Waals surface area (Å²) in [6.07, 6.45) is -36.1. The maximum Gasteiger partial charge on any atom is 0.223 e. The van der Waals surface area contributed by atoms with Gasteiger partial charge in [-0.15, -0.1) is 0 Å². The second-order valence-corrected chi connectivity index (χ2v) is 12.0. The molecule has 0 spiro atoms. The fourth-order valence-electron chi connectivity index (χ4n) is 5.81. The summed E-state index contributed by atoms with van der Waals surface area (Å²) in [5.41, 5.74) is -2.56. The molecule has 0 radical (unpaired) electrons. The third kappa shape index (κ3) is 7.23. The van der Waals surface area contributed by atoms with Gasteiger partial charge in [-0.2, -0.15) is 0 Å². The first-order chi connectivity index (χ1) is 22.5. The van der Waals surface area contributed by atoms with Crippen LogP contribution in [0.4, 0.5) is 0 Å². The number of aliphatic hydroxyl groups excluding tert-OH is 16. The molecule has 0 saturated carbocycles. The van der Waals surface area contributed by atoms with Crippen LogP contribution in [0.15, 0.2) is 0 Å². The minimum absolute atomic E-state index is 0.901. The van der Waals surface area contributed by atoms with Crippen molar-refractivity contribution in [2.24, 2.45) is 0 Å². The summed E-state index contributed by atoms with van der Waals surface area (Å²) in [6.45, 7) is -5.66. The van der Waals surface area contributed by atoms with E-state index < -0.39 is 155 Å². The normalized spacial score (nSPS) is 53.5. The van der Waals surface area contributed by atoms with E-state index in [1.165, 1.54) is 0 Å². The molecule has 0 unspecified atom stereocenters. The Morgan fingerprint density at radius 1 is 0.479 bits per heavy atom. The zero-order valence-corrected chi connectivity index (χ0v) is 24.9. The molecule has 0 aromatic heterocycles. The maximum absolute atomic E-state index is 10.8. The van der Waals surface area contributed by atoms with Gasteiger partial charge in [-0.25, -0.2) is 0 Å². The number of ether oxygens (including phenoxy) is 7. The monoisotopic (exact) mass is 712 g/mol. The second-order valence-electron chi connectivity index (χ2n) is 12.0. The Morgan fingerprint density at radius 2 is 0.917 bits per heavy atom. The van der Waals surface area contributed by atoms with Crippen molar-refractivity contribution < 1.29 is 115 Å². The molecule has 0 amide bonds. The van der Waals surface area contributed by atoms with Crippen LogP contribution in [0.3, 0.4) is 0 Å². The quantitative estimate of drug-likeness (QED) is 0.0945. The molecular formula is C25H44O23. The van der Waals surface area contributed by atoms with E-state index in [0.717, 1.165) is 0 Å². The molecule has 282 valence electrons. The van der Waals surface area contributed by atoms with Crippen LogP contribution >= 0.6 is 0 Å². The Kier molecular flexibility index (Phi) is 13.1. The molecule has 0 aromatic carbocycles. The van der Waals surface area contributed by atoms with E-state index in [-0.39, 0.29) is 0 Å². The second kappa shape index (κ2) is 15.8. The van der Waals surface area contributed by atoms with Crippen LogP contribution in [0.5, 0.6) is 0 Å². The van der Waals surface area contributed by atoms with E-state index in [0.29, 0.717) is 0 Å². The number of hydrogen-bond donors (Lipinski definition) is 16. The zero-order valence-electron chi connectivity index (χ0n) is 24.9. The summed E-state index contributed by atoms with van der Waals surface area (Å²) in [4.78, 5) is 0. The Morgan fingerprint density at radius 3 is 1.33 bits per heavy atom. The molecule has 0 bridgehead atoms. The molecule has 0 aliphatic carbocycles. The van der Waals surface area contributed by atoms with E-state index in [9.17, 15) is 81.7 Å². The van der Waals surface area contributed by atoms with Gasteiger partial charge in [0, 0.05) is 0 Å². The van der Waals surface area contributed by atoms with Gasteiger partial charge in [-0.05, 0) is 0 Å². The number of rotatable bonds is 11. The summed E-state index contributed by atoms with van der Waals surface area (Å²) in [7, 11) is 0. The van der Waals surface area contributed by atoms with Crippen molar-refractivity contribution in [3.63, 3.8) is 0 Å². The first-order valence-corrected chi connectivity index (χ1v) is 14.7. The summed E-state index contributed by atoms with van der Waals surface area (Å²) >= 11 is 0. The van der Waals surface area contributed by atoms with Gasteiger partial charge in [-0.3, -0.25) is 0 Å².